The molecule has 0 aromatic heterocycles. The second-order valence-electron chi connectivity index (χ2n) is 8.00. The lowest BCUT2D eigenvalue weighted by molar-refractivity contribution is 0.0521. The molecule has 0 fully saturated rings. The van der Waals surface area contributed by atoms with Crippen LogP contribution in [0, 0.1) is 22.7 Å². The van der Waals surface area contributed by atoms with Gasteiger partial charge in [-0.1, -0.05) is 38.1 Å². The van der Waals surface area contributed by atoms with E-state index in [9.17, 15) is 15.2 Å². The van der Waals surface area contributed by atoms with Crippen molar-refractivity contribution in [2.24, 2.45) is 11.7 Å². The fraction of sp³-hybridized carbons (Fsp3) is 0.292. The van der Waals surface area contributed by atoms with Gasteiger partial charge in [-0.25, -0.2) is 0 Å². The van der Waals surface area contributed by atoms with E-state index in [0.717, 1.165) is 6.21 Å². The normalized spacial score (nSPS) is 19.5. The lowest BCUT2D eigenvalue weighted by atomic mass is 9.78. The van der Waals surface area contributed by atoms with Crippen LogP contribution in [-0.2, 0) is 0 Å². The zero-order valence-electron chi connectivity index (χ0n) is 17.6. The number of carbonyl (C=O) groups excluding carboxylic acids is 1. The van der Waals surface area contributed by atoms with E-state index in [0.29, 0.717) is 34.5 Å². The van der Waals surface area contributed by atoms with Crippen molar-refractivity contribution in [3.63, 3.8) is 0 Å². The van der Waals surface area contributed by atoms with Crippen LogP contribution in [0.25, 0.3) is 0 Å². The first-order chi connectivity index (χ1) is 14.9. The van der Waals surface area contributed by atoms with Crippen molar-refractivity contribution in [3.05, 3.63) is 77.0 Å². The number of hydrogen-bond donors (Lipinski definition) is 4. The van der Waals surface area contributed by atoms with Crippen LogP contribution in [0.15, 0.2) is 60.3 Å². The van der Waals surface area contributed by atoms with E-state index < -0.39 is 18.2 Å². The van der Waals surface area contributed by atoms with Gasteiger partial charge in [0.1, 0.15) is 6.23 Å². The Morgan fingerprint density at radius 3 is 2.71 bits per heavy atom. The first kappa shape index (κ1) is 22.1. The third-order valence-electron chi connectivity index (χ3n) is 5.40. The van der Waals surface area contributed by atoms with Crippen molar-refractivity contribution in [2.75, 3.05) is 11.9 Å². The van der Waals surface area contributed by atoms with Crippen LogP contribution in [0.2, 0.25) is 0 Å². The van der Waals surface area contributed by atoms with Gasteiger partial charge in [0.25, 0.3) is 5.91 Å². The highest BCUT2D eigenvalue weighted by Crippen LogP contribution is 2.39. The number of amides is 1. The molecule has 0 aliphatic carbocycles. The maximum atomic E-state index is 13.4. The highest BCUT2D eigenvalue weighted by molar-refractivity contribution is 5.99. The van der Waals surface area contributed by atoms with Crippen molar-refractivity contribution < 1.29 is 9.90 Å². The third kappa shape index (κ3) is 4.44. The zero-order valence-corrected chi connectivity index (χ0v) is 17.6. The number of nitrogens with zero attached hydrogens (tertiary/aromatic N) is 2. The second-order valence-corrected chi connectivity index (χ2v) is 8.00. The van der Waals surface area contributed by atoms with Crippen LogP contribution >= 0.6 is 0 Å². The number of fused-ring (bicyclic) bond motifs is 1. The van der Waals surface area contributed by atoms with E-state index >= 15 is 0 Å². The van der Waals surface area contributed by atoms with E-state index in [-0.39, 0.29) is 11.8 Å². The van der Waals surface area contributed by atoms with Crippen molar-refractivity contribution >= 4 is 17.8 Å². The lowest BCUT2D eigenvalue weighted by Crippen LogP contribution is -2.54. The number of hydrogen-bond acceptors (Lipinski definition) is 6. The van der Waals surface area contributed by atoms with E-state index in [1.54, 1.807) is 41.3 Å². The van der Waals surface area contributed by atoms with E-state index in [1.807, 2.05) is 26.0 Å². The fourth-order valence-electron chi connectivity index (χ4n) is 4.12. The Labute approximate surface area is 182 Å². The minimum absolute atomic E-state index is 0.148. The van der Waals surface area contributed by atoms with Crippen LogP contribution in [0.3, 0.4) is 0 Å². The summed E-state index contributed by atoms with van der Waals surface area (Å²) in [5.41, 5.74) is 8.55. The van der Waals surface area contributed by atoms with Gasteiger partial charge in [0.2, 0.25) is 0 Å². The summed E-state index contributed by atoms with van der Waals surface area (Å²) in [5, 5.41) is 31.4. The number of nitrogens with two attached hydrogens (primary N) is 1. The highest BCUT2D eigenvalue weighted by Gasteiger charge is 2.44. The van der Waals surface area contributed by atoms with E-state index in [4.69, 9.17) is 11.1 Å². The summed E-state index contributed by atoms with van der Waals surface area (Å²) in [6, 6.07) is 15.5. The number of aliphatic hydroxyl groups excluding tert-OH is 1. The molecule has 0 bridgehead atoms. The Morgan fingerprint density at radius 1 is 1.32 bits per heavy atom. The summed E-state index contributed by atoms with van der Waals surface area (Å²) in [7, 11) is 0. The maximum Gasteiger partial charge on any atom is 0.254 e. The van der Waals surface area contributed by atoms with Crippen LogP contribution in [-0.4, -0.2) is 40.9 Å². The van der Waals surface area contributed by atoms with Gasteiger partial charge < -0.3 is 26.5 Å². The Bertz CT molecular complexity index is 1040. The van der Waals surface area contributed by atoms with Crippen molar-refractivity contribution in [1.29, 1.82) is 10.7 Å². The quantitative estimate of drug-likeness (QED) is 0.407. The third-order valence-corrected chi connectivity index (χ3v) is 5.40. The number of carbonyl (C=O) groups is 1. The molecule has 1 aliphatic rings. The Balaban J connectivity index is 2.12. The molecule has 31 heavy (non-hydrogen) atoms. The van der Waals surface area contributed by atoms with Gasteiger partial charge in [-0.05, 0) is 35.7 Å². The summed E-state index contributed by atoms with van der Waals surface area (Å²) in [6.45, 7) is 4.48. The molecule has 0 spiro atoms. The van der Waals surface area contributed by atoms with Crippen molar-refractivity contribution in [1.82, 2.24) is 4.90 Å². The largest absolute Gasteiger partial charge is 0.404 e. The molecule has 1 aliphatic heterocycles. The maximum absolute atomic E-state index is 13.4. The number of benzene rings is 2. The molecular weight excluding hydrogens is 390 g/mol. The molecule has 1 heterocycles. The van der Waals surface area contributed by atoms with Crippen molar-refractivity contribution in [3.8, 4) is 6.07 Å². The number of nitriles is 1. The number of anilines is 1. The van der Waals surface area contributed by atoms with Crippen LogP contribution in [0.5, 0.6) is 0 Å². The molecule has 0 saturated heterocycles. The molecular formula is C24H27N5O2. The zero-order chi connectivity index (χ0) is 22.5. The molecule has 7 nitrogen and oxygen atoms in total. The predicted molar refractivity (Wildman–Crippen MR) is 121 cm³/mol. The van der Waals surface area contributed by atoms with Gasteiger partial charge in [0.15, 0.2) is 0 Å². The van der Waals surface area contributed by atoms with Gasteiger partial charge in [0.05, 0.1) is 23.6 Å². The van der Waals surface area contributed by atoms with E-state index in [1.165, 1.54) is 6.20 Å². The Hall–Kier alpha value is -3.63. The van der Waals surface area contributed by atoms with Crippen LogP contribution < -0.4 is 11.1 Å². The standard InChI is InChI=1S/C24H27N5O2/c1-15(2)14-29-22(17(12-26)13-27)21(19-8-3-4-9-20(19)24(29)31)23(30)28-18-7-5-6-16(10-18)11-25/h3-10,12-13,15,21-23,26,28,30H,14,27H2,1-2H3/b17-13+,26-12?/t21-,22+,23?/m0/s1. The predicted octanol–water partition coefficient (Wildman–Crippen LogP) is 3.04. The van der Waals surface area contributed by atoms with Gasteiger partial charge in [-0.3, -0.25) is 4.79 Å². The molecule has 3 atom stereocenters. The minimum atomic E-state index is -1.10. The number of rotatable bonds is 7. The average Bonchev–Trinajstić information content (AvgIpc) is 2.77. The minimum Gasteiger partial charge on any atom is -0.404 e. The molecule has 7 heteroatoms. The lowest BCUT2D eigenvalue weighted by Gasteiger charge is -2.45. The van der Waals surface area contributed by atoms with Crippen LogP contribution in [0.1, 0.15) is 41.3 Å². The molecule has 1 unspecified atom stereocenters. The molecule has 3 rings (SSSR count). The molecule has 2 aromatic carbocycles. The fourth-order valence-corrected chi connectivity index (χ4v) is 4.12. The summed E-state index contributed by atoms with van der Waals surface area (Å²) in [6.07, 6.45) is 1.36. The molecule has 5 N–H and O–H groups in total. The molecule has 0 saturated carbocycles. The highest BCUT2D eigenvalue weighted by atomic mass is 16.3. The smallest absolute Gasteiger partial charge is 0.254 e. The number of aliphatic hydroxyl groups is 1. The summed E-state index contributed by atoms with van der Waals surface area (Å²) >= 11 is 0. The Kier molecular flexibility index (Phi) is 6.73. The first-order valence-corrected chi connectivity index (χ1v) is 10.2. The van der Waals surface area contributed by atoms with Gasteiger partial charge in [-0.15, -0.1) is 0 Å². The molecule has 0 radical (unpaired) electrons. The van der Waals surface area contributed by atoms with Gasteiger partial charge >= 0.3 is 0 Å². The molecule has 2 aromatic rings. The Morgan fingerprint density at radius 2 is 2.06 bits per heavy atom. The van der Waals surface area contributed by atoms with E-state index in [2.05, 4.69) is 11.4 Å². The van der Waals surface area contributed by atoms with Crippen LogP contribution in [0.4, 0.5) is 5.69 Å². The monoisotopic (exact) mass is 417 g/mol. The average molecular weight is 418 g/mol. The van der Waals surface area contributed by atoms with Gasteiger partial charge in [0, 0.05) is 35.8 Å². The summed E-state index contributed by atoms with van der Waals surface area (Å²) in [4.78, 5) is 15.0. The first-order valence-electron chi connectivity index (χ1n) is 10.2. The van der Waals surface area contributed by atoms with Crippen molar-refractivity contribution in [2.45, 2.75) is 32.0 Å². The topological polar surface area (TPSA) is 126 Å². The summed E-state index contributed by atoms with van der Waals surface area (Å²) < 4.78 is 0. The SMILES string of the molecule is CC(C)CN1C(=O)c2ccccc2[C@H](C(O)Nc2cccc(C#N)c2)[C@H]1/C(C=N)=C/N. The molecule has 160 valence electrons. The van der Waals surface area contributed by atoms with Gasteiger partial charge in [-0.2, -0.15) is 5.26 Å². The second kappa shape index (κ2) is 9.45. The number of nitrogens with one attached hydrogen (secondary N) is 2. The molecule has 1 amide bonds. The summed E-state index contributed by atoms with van der Waals surface area (Å²) in [5.74, 6) is -0.542.